The van der Waals surface area contributed by atoms with Gasteiger partial charge in [-0.2, -0.15) is 5.10 Å². The van der Waals surface area contributed by atoms with E-state index < -0.39 is 0 Å². The van der Waals surface area contributed by atoms with Crippen LogP contribution in [0.4, 0.5) is 5.69 Å². The zero-order valence-electron chi connectivity index (χ0n) is 17.3. The fourth-order valence-electron chi connectivity index (χ4n) is 4.81. The maximum absolute atomic E-state index is 13.2. The van der Waals surface area contributed by atoms with Gasteiger partial charge in [-0.3, -0.25) is 14.7 Å². The number of hydrogen-bond donors (Lipinski definition) is 2. The lowest BCUT2D eigenvalue weighted by molar-refractivity contribution is -0.122. The van der Waals surface area contributed by atoms with Gasteiger partial charge in [0.2, 0.25) is 0 Å². The molecule has 5 heterocycles. The molecule has 6 rings (SSSR count). The van der Waals surface area contributed by atoms with E-state index >= 15 is 0 Å². The molecule has 2 bridgehead atoms. The molecule has 4 aliphatic rings. The number of ether oxygens (including phenoxy) is 1. The minimum atomic E-state index is -0.250. The van der Waals surface area contributed by atoms with Crippen LogP contribution >= 0.6 is 0 Å². The van der Waals surface area contributed by atoms with Crippen molar-refractivity contribution in [2.75, 3.05) is 51.3 Å². The van der Waals surface area contributed by atoms with E-state index in [4.69, 9.17) is 14.6 Å². The Kier molecular flexibility index (Phi) is 6.19. The number of anilines is 1. The van der Waals surface area contributed by atoms with Crippen LogP contribution in [0.15, 0.2) is 18.2 Å². The number of nitrogens with one attached hydrogen (secondary N) is 1. The molecular formula is C21H29N5O4. The van der Waals surface area contributed by atoms with Gasteiger partial charge < -0.3 is 24.5 Å². The second kappa shape index (κ2) is 9.01. The highest BCUT2D eigenvalue weighted by molar-refractivity contribution is 6.05. The van der Waals surface area contributed by atoms with E-state index in [1.165, 1.54) is 0 Å². The van der Waals surface area contributed by atoms with Crippen LogP contribution < -0.4 is 4.90 Å². The molecule has 0 spiro atoms. The molecule has 4 fully saturated rings. The first kappa shape index (κ1) is 20.6. The summed E-state index contributed by atoms with van der Waals surface area (Å²) >= 11 is 0. The molecule has 1 amide bonds. The highest BCUT2D eigenvalue weighted by Gasteiger charge is 2.34. The number of rotatable bonds is 3. The Hall–Kier alpha value is -2.65. The lowest BCUT2D eigenvalue weighted by atomic mass is 10.0. The maximum atomic E-state index is 13.2. The van der Waals surface area contributed by atoms with Crippen molar-refractivity contribution in [3.63, 3.8) is 0 Å². The van der Waals surface area contributed by atoms with Gasteiger partial charge in [0, 0.05) is 63.5 Å². The predicted octanol–water partition coefficient (Wildman–Crippen LogP) is 1.41. The van der Waals surface area contributed by atoms with Crippen LogP contribution in [0.5, 0.6) is 0 Å². The second-order valence-electron chi connectivity index (χ2n) is 8.07. The summed E-state index contributed by atoms with van der Waals surface area (Å²) in [6.07, 6.45) is 3.50. The summed E-state index contributed by atoms with van der Waals surface area (Å²) in [5, 5.41) is 15.3. The summed E-state index contributed by atoms with van der Waals surface area (Å²) in [5.41, 5.74) is 2.65. The number of carbonyl (C=O) groups excluding carboxylic acids is 1. The molecule has 9 heteroatoms. The molecule has 2 N–H and O–H groups in total. The van der Waals surface area contributed by atoms with E-state index in [2.05, 4.69) is 37.0 Å². The molecule has 0 aliphatic carbocycles. The first-order chi connectivity index (χ1) is 14.6. The van der Waals surface area contributed by atoms with E-state index in [1.54, 1.807) is 7.11 Å². The van der Waals surface area contributed by atoms with Crippen molar-refractivity contribution in [2.24, 2.45) is 0 Å². The number of amides is 1. The van der Waals surface area contributed by atoms with Crippen LogP contribution in [0, 0.1) is 0 Å². The molecule has 0 saturated carbocycles. The van der Waals surface area contributed by atoms with Crippen molar-refractivity contribution >= 4 is 29.0 Å². The standard InChI is InChI=1S/C20H27N5O2.CH2O2/c1-27-16-6-9-24(13-16)15-2-3-17-18(12-15)21-22-19(17)20(26)25-11-10-23-7-4-14(25)5-8-23;2-1-3/h2-3,12,14,16H,4-11,13H2,1H3,(H,21,22);1H,(H,2,3)/t16-;/m0./s1. The van der Waals surface area contributed by atoms with Crippen LogP contribution in [-0.4, -0.2) is 96.0 Å². The molecule has 4 saturated heterocycles. The smallest absolute Gasteiger partial charge is 0.290 e. The van der Waals surface area contributed by atoms with E-state index in [-0.39, 0.29) is 12.4 Å². The molecule has 1 atom stereocenters. The molecular weight excluding hydrogens is 386 g/mol. The zero-order chi connectivity index (χ0) is 21.1. The predicted molar refractivity (Wildman–Crippen MR) is 113 cm³/mol. The first-order valence-corrected chi connectivity index (χ1v) is 10.5. The fourth-order valence-corrected chi connectivity index (χ4v) is 4.81. The number of H-pyrrole nitrogens is 1. The third-order valence-electron chi connectivity index (χ3n) is 6.51. The summed E-state index contributed by atoms with van der Waals surface area (Å²) in [7, 11) is 1.77. The minimum absolute atomic E-state index is 0.0726. The molecule has 0 unspecified atom stereocenters. The van der Waals surface area contributed by atoms with E-state index in [0.29, 0.717) is 17.8 Å². The number of hydrogen-bond acceptors (Lipinski definition) is 6. The molecule has 4 aliphatic heterocycles. The Balaban J connectivity index is 0.000000687. The average molecular weight is 415 g/mol. The van der Waals surface area contributed by atoms with Gasteiger partial charge in [-0.15, -0.1) is 0 Å². The topological polar surface area (TPSA) is 102 Å². The van der Waals surface area contributed by atoms with E-state index in [1.807, 2.05) is 6.07 Å². The van der Waals surface area contributed by atoms with Gasteiger partial charge in [0.15, 0.2) is 5.69 Å². The molecule has 162 valence electrons. The number of benzene rings is 1. The normalized spacial score (nSPS) is 25.7. The van der Waals surface area contributed by atoms with Gasteiger partial charge in [-0.1, -0.05) is 0 Å². The van der Waals surface area contributed by atoms with Gasteiger partial charge in [-0.05, 0) is 37.5 Å². The van der Waals surface area contributed by atoms with Gasteiger partial charge >= 0.3 is 0 Å². The van der Waals surface area contributed by atoms with Crippen LogP contribution in [0.3, 0.4) is 0 Å². The quantitative estimate of drug-likeness (QED) is 0.731. The Morgan fingerprint density at radius 2 is 1.97 bits per heavy atom. The molecule has 1 aromatic carbocycles. The third-order valence-corrected chi connectivity index (χ3v) is 6.51. The monoisotopic (exact) mass is 415 g/mol. The van der Waals surface area contributed by atoms with Crippen molar-refractivity contribution < 1.29 is 19.4 Å². The van der Waals surface area contributed by atoms with Gasteiger partial charge in [0.1, 0.15) is 0 Å². The van der Waals surface area contributed by atoms with Crippen molar-refractivity contribution in [3.8, 4) is 0 Å². The molecule has 1 aromatic heterocycles. The Morgan fingerprint density at radius 3 is 2.67 bits per heavy atom. The molecule has 9 nitrogen and oxygen atoms in total. The number of carboxylic acid groups (broad SMARTS) is 1. The number of fused-ring (bicyclic) bond motifs is 5. The Bertz CT molecular complexity index is 893. The van der Waals surface area contributed by atoms with Crippen LogP contribution in [0.1, 0.15) is 29.8 Å². The van der Waals surface area contributed by atoms with E-state index in [0.717, 1.165) is 75.1 Å². The highest BCUT2D eigenvalue weighted by Crippen LogP contribution is 2.28. The lowest BCUT2D eigenvalue weighted by Gasteiger charge is -2.31. The fraction of sp³-hybridized carbons (Fsp3) is 0.571. The summed E-state index contributed by atoms with van der Waals surface area (Å²) in [5.74, 6) is 0.0726. The second-order valence-corrected chi connectivity index (χ2v) is 8.07. The molecule has 30 heavy (non-hydrogen) atoms. The Morgan fingerprint density at radius 1 is 1.20 bits per heavy atom. The third kappa shape index (κ3) is 3.99. The zero-order valence-corrected chi connectivity index (χ0v) is 17.3. The average Bonchev–Trinajstić information content (AvgIpc) is 3.31. The first-order valence-electron chi connectivity index (χ1n) is 10.5. The van der Waals surface area contributed by atoms with Gasteiger partial charge in [0.05, 0.1) is 11.6 Å². The van der Waals surface area contributed by atoms with Crippen LogP contribution in [0.25, 0.3) is 10.9 Å². The van der Waals surface area contributed by atoms with Gasteiger partial charge in [-0.25, -0.2) is 0 Å². The van der Waals surface area contributed by atoms with Gasteiger partial charge in [0.25, 0.3) is 12.4 Å². The minimum Gasteiger partial charge on any atom is -0.483 e. The summed E-state index contributed by atoms with van der Waals surface area (Å²) < 4.78 is 5.47. The SMILES string of the molecule is CO[C@H]1CCN(c2ccc3c(C(=O)N4CCN5CCC4CC5)n[nH]c3c2)C1.O=CO. The molecule has 0 radical (unpaired) electrons. The highest BCUT2D eigenvalue weighted by atomic mass is 16.5. The Labute approximate surface area is 175 Å². The number of piperidine rings is 1. The number of carbonyl (C=O) groups is 2. The molecule has 2 aromatic rings. The van der Waals surface area contributed by atoms with E-state index in [9.17, 15) is 4.79 Å². The van der Waals surface area contributed by atoms with Crippen molar-refractivity contribution in [2.45, 2.75) is 31.4 Å². The van der Waals surface area contributed by atoms with Crippen LogP contribution in [0.2, 0.25) is 0 Å². The van der Waals surface area contributed by atoms with Crippen molar-refractivity contribution in [3.05, 3.63) is 23.9 Å². The largest absolute Gasteiger partial charge is 0.483 e. The lowest BCUT2D eigenvalue weighted by Crippen LogP contribution is -2.41. The summed E-state index contributed by atoms with van der Waals surface area (Å²) in [6.45, 7) is 5.66. The summed E-state index contributed by atoms with van der Waals surface area (Å²) in [6, 6.07) is 6.61. The summed E-state index contributed by atoms with van der Waals surface area (Å²) in [4.78, 5) is 28.4. The number of aromatic nitrogens is 2. The van der Waals surface area contributed by atoms with Crippen molar-refractivity contribution in [1.29, 1.82) is 0 Å². The number of methoxy groups -OCH3 is 1. The van der Waals surface area contributed by atoms with Crippen molar-refractivity contribution in [1.82, 2.24) is 20.0 Å². The maximum Gasteiger partial charge on any atom is 0.290 e. The number of aromatic amines is 1. The number of nitrogens with zero attached hydrogens (tertiary/aromatic N) is 4. The van der Waals surface area contributed by atoms with Crippen LogP contribution in [-0.2, 0) is 9.53 Å².